The number of thiocarbonyl (C=S) groups is 1. The van der Waals surface area contributed by atoms with E-state index in [1.807, 2.05) is 57.5 Å². The van der Waals surface area contributed by atoms with Crippen LogP contribution >= 0.6 is 23.6 Å². The highest BCUT2D eigenvalue weighted by Gasteiger charge is 2.52. The normalized spacial score (nSPS) is 16.2. The maximum atomic E-state index is 15.4. The maximum Gasteiger partial charge on any atom is 0.420 e. The van der Waals surface area contributed by atoms with Crippen molar-refractivity contribution >= 4 is 63.7 Å². The van der Waals surface area contributed by atoms with E-state index < -0.39 is 63.7 Å². The lowest BCUT2D eigenvalue weighted by Crippen LogP contribution is -2.58. The van der Waals surface area contributed by atoms with Crippen molar-refractivity contribution in [2.24, 2.45) is 5.41 Å². The van der Waals surface area contributed by atoms with Gasteiger partial charge in [-0.3, -0.25) is 29.1 Å². The highest BCUT2D eigenvalue weighted by molar-refractivity contribution is 7.81. The number of amides is 4. The largest absolute Gasteiger partial charge is 0.478 e. The number of carbonyl (C=O) groups is 4. The van der Waals surface area contributed by atoms with Crippen molar-refractivity contribution in [2.45, 2.75) is 97.6 Å². The fourth-order valence-electron chi connectivity index (χ4n) is 8.48. The molecule has 0 saturated carbocycles. The zero-order valence-electron chi connectivity index (χ0n) is 40.4. The number of hydrogen-bond acceptors (Lipinski definition) is 12. The molecule has 2 aromatic carbocycles. The quantitative estimate of drug-likeness (QED) is 0.0515. The topological polar surface area (TPSA) is 183 Å². The molecular weight excluding hydrogens is 975 g/mol. The molecule has 72 heavy (non-hydrogen) atoms. The van der Waals surface area contributed by atoms with Gasteiger partial charge in [0.1, 0.15) is 29.8 Å². The van der Waals surface area contributed by atoms with Crippen LogP contribution in [0.25, 0.3) is 21.7 Å². The standard InChI is InChI=1S/C51H53F4N9O6S2/c1-30-43(72-29-60-30)32-13-11-31(12-14-32)25-59-45(66)38-10-9-21-62(38)46(67)44(49(2,3)4)61-39(65)28-69-22-7-8-23-70-40-20-16-34(26-58-40)36-18-17-35(27-57-36)64-48(71)63(47(68)50(64,5)6)37-19-15-33(24-56)41(42(37)52)51(53,54)55/h11-20,26-27,29,38,44H,7-10,21-23,25,28H2,1-6H3,(H,59,66)(H,61,65)/t38-,44?/m0/s1. The molecule has 0 spiro atoms. The zero-order valence-corrected chi connectivity index (χ0v) is 42.1. The van der Waals surface area contributed by atoms with Gasteiger partial charge in [0.05, 0.1) is 57.6 Å². The van der Waals surface area contributed by atoms with Crippen molar-refractivity contribution in [3.63, 3.8) is 0 Å². The molecule has 0 aliphatic carbocycles. The van der Waals surface area contributed by atoms with Gasteiger partial charge in [-0.15, -0.1) is 11.3 Å². The number of rotatable bonds is 17. The molecule has 1 unspecified atom stereocenters. The Morgan fingerprint density at radius 3 is 2.32 bits per heavy atom. The second-order valence-electron chi connectivity index (χ2n) is 18.9. The van der Waals surface area contributed by atoms with Crippen LogP contribution in [-0.2, 0) is 36.6 Å². The molecule has 5 aromatic rings. The van der Waals surface area contributed by atoms with Gasteiger partial charge in [-0.25, -0.2) is 14.4 Å². The van der Waals surface area contributed by atoms with E-state index in [1.165, 1.54) is 31.0 Å². The summed E-state index contributed by atoms with van der Waals surface area (Å²) in [6.07, 6.45) is 0.130. The minimum absolute atomic E-state index is 0.240. The minimum Gasteiger partial charge on any atom is -0.478 e. The van der Waals surface area contributed by atoms with Crippen LogP contribution < -0.4 is 25.2 Å². The second-order valence-corrected chi connectivity index (χ2v) is 20.1. The van der Waals surface area contributed by atoms with Gasteiger partial charge in [0, 0.05) is 37.5 Å². The van der Waals surface area contributed by atoms with Crippen LogP contribution in [0, 0.1) is 29.5 Å². The van der Waals surface area contributed by atoms with Crippen LogP contribution in [0.5, 0.6) is 5.88 Å². The summed E-state index contributed by atoms with van der Waals surface area (Å²) >= 11 is 7.10. The average molecular weight is 1030 g/mol. The first-order valence-electron chi connectivity index (χ1n) is 23.1. The van der Waals surface area contributed by atoms with Gasteiger partial charge < -0.3 is 29.9 Å². The van der Waals surface area contributed by atoms with Gasteiger partial charge in [0.15, 0.2) is 10.9 Å². The number of halogens is 4. The van der Waals surface area contributed by atoms with Gasteiger partial charge in [-0.05, 0) is 106 Å². The number of pyridine rings is 2. The van der Waals surface area contributed by atoms with Gasteiger partial charge in [0.25, 0.3) is 5.91 Å². The Balaban J connectivity index is 0.840. The van der Waals surface area contributed by atoms with E-state index in [4.69, 9.17) is 21.7 Å². The summed E-state index contributed by atoms with van der Waals surface area (Å²) in [5.41, 5.74) is 0.677. The number of thiazole rings is 1. The van der Waals surface area contributed by atoms with Crippen LogP contribution in [-0.4, -0.2) is 92.6 Å². The highest BCUT2D eigenvalue weighted by Crippen LogP contribution is 2.42. The van der Waals surface area contributed by atoms with Crippen LogP contribution in [0.3, 0.4) is 0 Å². The zero-order chi connectivity index (χ0) is 52.1. The number of likely N-dealkylation sites (tertiary alicyclic amines) is 1. The van der Waals surface area contributed by atoms with Crippen LogP contribution in [0.1, 0.15) is 82.7 Å². The predicted octanol–water partition coefficient (Wildman–Crippen LogP) is 8.54. The van der Waals surface area contributed by atoms with E-state index in [0.29, 0.717) is 73.1 Å². The third-order valence-corrected chi connectivity index (χ3v) is 13.7. The van der Waals surface area contributed by atoms with Crippen molar-refractivity contribution in [1.29, 1.82) is 5.26 Å². The monoisotopic (exact) mass is 1030 g/mol. The molecule has 2 aliphatic rings. The number of carbonyl (C=O) groups excluding carboxylic acids is 4. The molecule has 2 saturated heterocycles. The van der Waals surface area contributed by atoms with Crippen LogP contribution in [0.2, 0.25) is 0 Å². The molecule has 4 amide bonds. The molecule has 15 nitrogen and oxygen atoms in total. The van der Waals surface area contributed by atoms with E-state index in [1.54, 1.807) is 46.7 Å². The lowest BCUT2D eigenvalue weighted by atomic mass is 9.85. The Labute approximate surface area is 423 Å². The lowest BCUT2D eigenvalue weighted by molar-refractivity contribution is -0.144. The van der Waals surface area contributed by atoms with Crippen molar-refractivity contribution in [1.82, 2.24) is 30.5 Å². The molecule has 2 atom stereocenters. The fourth-order valence-corrected chi connectivity index (χ4v) is 9.81. The molecule has 7 rings (SSSR count). The van der Waals surface area contributed by atoms with Crippen LogP contribution in [0.15, 0.2) is 78.6 Å². The Morgan fingerprint density at radius 2 is 1.69 bits per heavy atom. The highest BCUT2D eigenvalue weighted by atomic mass is 32.1. The number of alkyl halides is 3. The number of aryl methyl sites for hydroxylation is 1. The number of nitrogens with one attached hydrogen (secondary N) is 2. The molecule has 2 N–H and O–H groups in total. The first kappa shape index (κ1) is 52.9. The summed E-state index contributed by atoms with van der Waals surface area (Å²) in [6.45, 7) is 11.6. The molecule has 2 aliphatic heterocycles. The Bertz CT molecular complexity index is 2870. The van der Waals surface area contributed by atoms with Crippen molar-refractivity contribution in [3.05, 3.63) is 107 Å². The predicted molar refractivity (Wildman–Crippen MR) is 266 cm³/mol. The molecule has 0 bridgehead atoms. The van der Waals surface area contributed by atoms with E-state index in [9.17, 15) is 37.6 Å². The van der Waals surface area contributed by atoms with Gasteiger partial charge in [-0.1, -0.05) is 45.0 Å². The second kappa shape index (κ2) is 21.8. The fraction of sp³-hybridized carbons (Fsp3) is 0.392. The number of ether oxygens (including phenoxy) is 2. The SMILES string of the molecule is Cc1ncsc1-c1ccc(CNC(=O)[C@@H]2CCCN2C(=O)C(NC(=O)COCCCCOc2ccc(-c3ccc(N4C(=S)N(c5ccc(C#N)c(C(F)(F)F)c5F)C(=O)C4(C)C)cn3)cn2)C(C)(C)C)cc1. The minimum atomic E-state index is -5.20. The first-order valence-corrected chi connectivity index (χ1v) is 24.4. The number of unbranched alkanes of at least 4 members (excludes halogenated alkanes) is 1. The summed E-state index contributed by atoms with van der Waals surface area (Å²) in [5.74, 6) is -3.22. The van der Waals surface area contributed by atoms with E-state index in [2.05, 4.69) is 25.6 Å². The summed E-state index contributed by atoms with van der Waals surface area (Å²) in [5, 5.41) is 14.7. The Hall–Kier alpha value is -6.89. The number of anilines is 2. The number of aromatic nitrogens is 3. The third-order valence-electron chi connectivity index (χ3n) is 12.3. The van der Waals surface area contributed by atoms with E-state index in [0.717, 1.165) is 33.8 Å². The third kappa shape index (κ3) is 11.6. The summed E-state index contributed by atoms with van der Waals surface area (Å²) in [7, 11) is 0. The Kier molecular flexibility index (Phi) is 16.1. The average Bonchev–Trinajstić information content (AvgIpc) is 4.05. The summed E-state index contributed by atoms with van der Waals surface area (Å²) in [4.78, 5) is 71.9. The van der Waals surface area contributed by atoms with Gasteiger partial charge in [-0.2, -0.15) is 18.4 Å². The summed E-state index contributed by atoms with van der Waals surface area (Å²) < 4.78 is 68.2. The smallest absolute Gasteiger partial charge is 0.420 e. The van der Waals surface area contributed by atoms with Gasteiger partial charge in [0.2, 0.25) is 23.6 Å². The molecule has 0 radical (unpaired) electrons. The first-order chi connectivity index (χ1) is 34.1. The molecule has 21 heteroatoms. The molecule has 2 fully saturated rings. The van der Waals surface area contributed by atoms with Gasteiger partial charge >= 0.3 is 6.18 Å². The Morgan fingerprint density at radius 1 is 0.972 bits per heavy atom. The molecule has 5 heterocycles. The number of hydrogen-bond donors (Lipinski definition) is 2. The maximum absolute atomic E-state index is 15.4. The molecule has 378 valence electrons. The number of benzene rings is 2. The van der Waals surface area contributed by atoms with Crippen molar-refractivity contribution < 1.29 is 46.2 Å². The van der Waals surface area contributed by atoms with E-state index in [-0.39, 0.29) is 30.1 Å². The van der Waals surface area contributed by atoms with Crippen molar-refractivity contribution in [2.75, 3.05) is 36.2 Å². The molecule has 3 aromatic heterocycles. The molecular formula is C51H53F4N9O6S2. The van der Waals surface area contributed by atoms with Crippen LogP contribution in [0.4, 0.5) is 28.9 Å². The number of nitrogens with zero attached hydrogens (tertiary/aromatic N) is 7. The number of nitriles is 1. The van der Waals surface area contributed by atoms with Crippen molar-refractivity contribution in [3.8, 4) is 33.6 Å². The van der Waals surface area contributed by atoms with E-state index >= 15 is 4.39 Å². The lowest BCUT2D eigenvalue weighted by Gasteiger charge is -2.35. The summed E-state index contributed by atoms with van der Waals surface area (Å²) in [6, 6.07) is 16.1.